The van der Waals surface area contributed by atoms with Gasteiger partial charge in [0.05, 0.1) is 13.2 Å². The second kappa shape index (κ2) is 6.83. The molecule has 1 unspecified atom stereocenters. The Hall–Kier alpha value is -1.79. The number of ether oxygens (including phenoxy) is 1. The Balaban J connectivity index is 3.04. The van der Waals surface area contributed by atoms with Crippen LogP contribution in [0.5, 0.6) is 0 Å². The van der Waals surface area contributed by atoms with Crippen LogP contribution in [0.15, 0.2) is 18.2 Å². The van der Waals surface area contributed by atoms with Crippen LogP contribution < -0.4 is 5.32 Å². The fourth-order valence-corrected chi connectivity index (χ4v) is 1.78. The molecule has 0 fully saturated rings. The molecule has 3 nitrogen and oxygen atoms in total. The van der Waals surface area contributed by atoms with E-state index in [-0.39, 0.29) is 5.97 Å². The van der Waals surface area contributed by atoms with Gasteiger partial charge in [0, 0.05) is 0 Å². The van der Waals surface area contributed by atoms with Gasteiger partial charge in [0.15, 0.2) is 0 Å². The lowest BCUT2D eigenvalue weighted by Gasteiger charge is -2.19. The maximum absolute atomic E-state index is 12.0. The third-order valence-electron chi connectivity index (χ3n) is 2.68. The molecule has 1 rings (SSSR count). The van der Waals surface area contributed by atoms with Crippen molar-refractivity contribution < 1.29 is 9.53 Å². The molecule has 0 amide bonds. The van der Waals surface area contributed by atoms with Crippen LogP contribution in [0.2, 0.25) is 0 Å². The zero-order valence-electron chi connectivity index (χ0n) is 11.1. The molecule has 0 heterocycles. The first-order chi connectivity index (χ1) is 8.60. The summed E-state index contributed by atoms with van der Waals surface area (Å²) in [6.07, 6.45) is 5.23. The number of benzene rings is 1. The molecule has 0 aliphatic rings. The third kappa shape index (κ3) is 3.61. The van der Waals surface area contributed by atoms with E-state index in [9.17, 15) is 4.79 Å². The number of hydrogen-bond acceptors (Lipinski definition) is 3. The van der Waals surface area contributed by atoms with Crippen LogP contribution in [0.1, 0.15) is 29.7 Å². The van der Waals surface area contributed by atoms with Crippen LogP contribution in [-0.4, -0.2) is 19.1 Å². The minimum Gasteiger partial charge on any atom is -0.465 e. The standard InChI is InChI=1S/C15H19NO2/c1-5-9-16-14(15(17)18-6-2)13-10-11(3)7-8-12(13)4/h1,7-8,10,14,16H,6,9H2,2-4H3. The first kappa shape index (κ1) is 14.3. The molecule has 0 saturated heterocycles. The van der Waals surface area contributed by atoms with Crippen molar-refractivity contribution in [1.82, 2.24) is 5.32 Å². The first-order valence-electron chi connectivity index (χ1n) is 6.00. The van der Waals surface area contributed by atoms with E-state index in [1.165, 1.54) is 0 Å². The lowest BCUT2D eigenvalue weighted by molar-refractivity contribution is -0.145. The highest BCUT2D eigenvalue weighted by atomic mass is 16.5. The normalized spacial score (nSPS) is 11.7. The molecule has 0 aliphatic heterocycles. The van der Waals surface area contributed by atoms with Crippen LogP contribution >= 0.6 is 0 Å². The predicted molar refractivity (Wildman–Crippen MR) is 72.1 cm³/mol. The Morgan fingerprint density at radius 1 is 1.50 bits per heavy atom. The molecule has 0 spiro atoms. The third-order valence-corrected chi connectivity index (χ3v) is 2.68. The van der Waals surface area contributed by atoms with Crippen molar-refractivity contribution in [2.75, 3.05) is 13.2 Å². The summed E-state index contributed by atoms with van der Waals surface area (Å²) in [5, 5.41) is 3.03. The average Bonchev–Trinajstić information content (AvgIpc) is 2.34. The number of esters is 1. The predicted octanol–water partition coefficient (Wildman–Crippen LogP) is 2.13. The van der Waals surface area contributed by atoms with Gasteiger partial charge in [-0.2, -0.15) is 0 Å². The highest BCUT2D eigenvalue weighted by Crippen LogP contribution is 2.20. The van der Waals surface area contributed by atoms with Crippen LogP contribution in [0, 0.1) is 26.2 Å². The Bertz CT molecular complexity index is 460. The van der Waals surface area contributed by atoms with E-state index >= 15 is 0 Å². The molecule has 3 heteroatoms. The van der Waals surface area contributed by atoms with E-state index in [1.807, 2.05) is 32.0 Å². The number of carbonyl (C=O) groups excluding carboxylic acids is 1. The zero-order valence-corrected chi connectivity index (χ0v) is 11.1. The Morgan fingerprint density at radius 2 is 2.22 bits per heavy atom. The molecule has 0 aliphatic carbocycles. The quantitative estimate of drug-likeness (QED) is 0.638. The highest BCUT2D eigenvalue weighted by molar-refractivity contribution is 5.78. The maximum Gasteiger partial charge on any atom is 0.327 e. The zero-order chi connectivity index (χ0) is 13.5. The Labute approximate surface area is 109 Å². The topological polar surface area (TPSA) is 38.3 Å². The summed E-state index contributed by atoms with van der Waals surface area (Å²) < 4.78 is 5.08. The molecule has 18 heavy (non-hydrogen) atoms. The van der Waals surface area contributed by atoms with E-state index in [2.05, 4.69) is 11.2 Å². The highest BCUT2D eigenvalue weighted by Gasteiger charge is 2.22. The Morgan fingerprint density at radius 3 is 2.83 bits per heavy atom. The molecule has 1 atom stereocenters. The van der Waals surface area contributed by atoms with Gasteiger partial charge in [-0.15, -0.1) is 6.42 Å². The maximum atomic E-state index is 12.0. The summed E-state index contributed by atoms with van der Waals surface area (Å²) in [7, 11) is 0. The van der Waals surface area contributed by atoms with E-state index in [0.29, 0.717) is 13.2 Å². The number of terminal acetylenes is 1. The molecule has 0 saturated carbocycles. The summed E-state index contributed by atoms with van der Waals surface area (Å²) >= 11 is 0. The van der Waals surface area contributed by atoms with E-state index in [4.69, 9.17) is 11.2 Å². The smallest absolute Gasteiger partial charge is 0.327 e. The van der Waals surface area contributed by atoms with Crippen molar-refractivity contribution in [3.05, 3.63) is 34.9 Å². The lowest BCUT2D eigenvalue weighted by Crippen LogP contribution is -2.31. The van der Waals surface area contributed by atoms with Crippen molar-refractivity contribution in [2.24, 2.45) is 0 Å². The fraction of sp³-hybridized carbons (Fsp3) is 0.400. The molecular formula is C15H19NO2. The van der Waals surface area contributed by atoms with Gasteiger partial charge in [-0.05, 0) is 31.9 Å². The molecule has 0 aromatic heterocycles. The van der Waals surface area contributed by atoms with Gasteiger partial charge in [0.1, 0.15) is 6.04 Å². The van der Waals surface area contributed by atoms with Gasteiger partial charge >= 0.3 is 5.97 Å². The molecule has 96 valence electrons. The molecule has 0 bridgehead atoms. The monoisotopic (exact) mass is 245 g/mol. The van der Waals surface area contributed by atoms with Gasteiger partial charge < -0.3 is 4.74 Å². The van der Waals surface area contributed by atoms with E-state index in [0.717, 1.165) is 16.7 Å². The van der Waals surface area contributed by atoms with Crippen molar-refractivity contribution in [3.8, 4) is 12.3 Å². The summed E-state index contributed by atoms with van der Waals surface area (Å²) in [6.45, 7) is 6.44. The Kier molecular flexibility index (Phi) is 5.41. The van der Waals surface area contributed by atoms with Gasteiger partial charge in [-0.25, -0.2) is 4.79 Å². The van der Waals surface area contributed by atoms with Crippen molar-refractivity contribution >= 4 is 5.97 Å². The second-order valence-corrected chi connectivity index (χ2v) is 4.13. The molecule has 0 radical (unpaired) electrons. The van der Waals surface area contributed by atoms with Gasteiger partial charge in [-0.3, -0.25) is 5.32 Å². The number of aryl methyl sites for hydroxylation is 2. The number of hydrogen-bond donors (Lipinski definition) is 1. The lowest BCUT2D eigenvalue weighted by atomic mass is 9.99. The van der Waals surface area contributed by atoms with Crippen molar-refractivity contribution in [3.63, 3.8) is 0 Å². The van der Waals surface area contributed by atoms with Gasteiger partial charge in [0.25, 0.3) is 0 Å². The molecule has 1 N–H and O–H groups in total. The minimum atomic E-state index is -0.499. The van der Waals surface area contributed by atoms with Crippen LogP contribution in [0.4, 0.5) is 0 Å². The molecule has 1 aromatic rings. The van der Waals surface area contributed by atoms with Gasteiger partial charge in [-0.1, -0.05) is 29.7 Å². The number of rotatable bonds is 5. The van der Waals surface area contributed by atoms with Crippen LogP contribution in [-0.2, 0) is 9.53 Å². The van der Waals surface area contributed by atoms with Crippen molar-refractivity contribution in [2.45, 2.75) is 26.8 Å². The molecule has 1 aromatic carbocycles. The number of carbonyl (C=O) groups is 1. The van der Waals surface area contributed by atoms with Crippen LogP contribution in [0.3, 0.4) is 0 Å². The summed E-state index contributed by atoms with van der Waals surface area (Å²) in [6, 6.07) is 5.50. The largest absolute Gasteiger partial charge is 0.465 e. The average molecular weight is 245 g/mol. The SMILES string of the molecule is C#CCNC(C(=O)OCC)c1cc(C)ccc1C. The number of nitrogens with one attached hydrogen (secondary N) is 1. The summed E-state index contributed by atoms with van der Waals surface area (Å²) in [5.41, 5.74) is 3.07. The first-order valence-corrected chi connectivity index (χ1v) is 6.00. The summed E-state index contributed by atoms with van der Waals surface area (Å²) in [5.74, 6) is 2.19. The van der Waals surface area contributed by atoms with Gasteiger partial charge in [0.2, 0.25) is 0 Å². The van der Waals surface area contributed by atoms with Crippen molar-refractivity contribution in [1.29, 1.82) is 0 Å². The fourth-order valence-electron chi connectivity index (χ4n) is 1.78. The van der Waals surface area contributed by atoms with E-state index in [1.54, 1.807) is 6.92 Å². The molecular weight excluding hydrogens is 226 g/mol. The second-order valence-electron chi connectivity index (χ2n) is 4.13. The van der Waals surface area contributed by atoms with Crippen LogP contribution in [0.25, 0.3) is 0 Å². The van der Waals surface area contributed by atoms with E-state index < -0.39 is 6.04 Å². The summed E-state index contributed by atoms with van der Waals surface area (Å²) in [4.78, 5) is 12.0. The minimum absolute atomic E-state index is 0.290.